The number of nitrogens with zero attached hydrogens (tertiary/aromatic N) is 2. The van der Waals surface area contributed by atoms with Gasteiger partial charge in [-0.25, -0.2) is 0 Å². The van der Waals surface area contributed by atoms with Crippen LogP contribution in [0.5, 0.6) is 0 Å². The van der Waals surface area contributed by atoms with E-state index in [1.54, 1.807) is 0 Å². The minimum atomic E-state index is 0.509. The van der Waals surface area contributed by atoms with Gasteiger partial charge in [-0.1, -0.05) is 20.8 Å². The highest BCUT2D eigenvalue weighted by molar-refractivity contribution is 9.10. The fourth-order valence-electron chi connectivity index (χ4n) is 2.01. The molecule has 19 heavy (non-hydrogen) atoms. The molecule has 0 saturated heterocycles. The lowest BCUT2D eigenvalue weighted by molar-refractivity contribution is 0.547. The molecule has 0 aliphatic carbocycles. The van der Waals surface area contributed by atoms with Crippen molar-refractivity contribution in [3.8, 4) is 0 Å². The van der Waals surface area contributed by atoms with Crippen LogP contribution in [0.4, 0.5) is 0 Å². The van der Waals surface area contributed by atoms with E-state index in [9.17, 15) is 0 Å². The number of aryl methyl sites for hydroxylation is 2. The Balaban J connectivity index is 2.67. The molecule has 1 heterocycles. The predicted molar refractivity (Wildman–Crippen MR) is 89.0 cm³/mol. The van der Waals surface area contributed by atoms with Gasteiger partial charge < -0.3 is 5.32 Å². The van der Waals surface area contributed by atoms with Crippen LogP contribution in [0.25, 0.3) is 0 Å². The van der Waals surface area contributed by atoms with Crippen molar-refractivity contribution < 1.29 is 0 Å². The second kappa shape index (κ2) is 8.32. The van der Waals surface area contributed by atoms with E-state index in [1.165, 1.54) is 12.1 Å². The van der Waals surface area contributed by atoms with Gasteiger partial charge in [0.1, 0.15) is 0 Å². The Labute approximate surface area is 130 Å². The van der Waals surface area contributed by atoms with Gasteiger partial charge in [0.2, 0.25) is 0 Å². The highest BCUT2D eigenvalue weighted by Gasteiger charge is 2.17. The number of thioether (sulfide) groups is 1. The third-order valence-electron chi connectivity index (χ3n) is 3.35. The summed E-state index contributed by atoms with van der Waals surface area (Å²) >= 11 is 5.71. The number of rotatable bonds is 8. The summed E-state index contributed by atoms with van der Waals surface area (Å²) in [4.78, 5) is 0. The average Bonchev–Trinajstić information content (AvgIpc) is 2.62. The van der Waals surface area contributed by atoms with Crippen LogP contribution in [0.2, 0.25) is 0 Å². The molecule has 110 valence electrons. The monoisotopic (exact) mass is 347 g/mol. The van der Waals surface area contributed by atoms with Crippen molar-refractivity contribution >= 4 is 27.7 Å². The largest absolute Gasteiger partial charge is 0.313 e. The predicted octanol–water partition coefficient (Wildman–Crippen LogP) is 3.54. The van der Waals surface area contributed by atoms with Gasteiger partial charge in [-0.05, 0) is 35.8 Å². The first-order chi connectivity index (χ1) is 8.99. The van der Waals surface area contributed by atoms with Gasteiger partial charge in [-0.3, -0.25) is 4.68 Å². The lowest BCUT2D eigenvalue weighted by Crippen LogP contribution is -2.34. The lowest BCUT2D eigenvalue weighted by Gasteiger charge is -2.19. The van der Waals surface area contributed by atoms with Crippen LogP contribution in [0.3, 0.4) is 0 Å². The van der Waals surface area contributed by atoms with E-state index < -0.39 is 0 Å². The van der Waals surface area contributed by atoms with E-state index in [0.29, 0.717) is 6.04 Å². The maximum atomic E-state index is 4.47. The van der Waals surface area contributed by atoms with E-state index in [-0.39, 0.29) is 0 Å². The molecule has 3 nitrogen and oxygen atoms in total. The zero-order valence-corrected chi connectivity index (χ0v) is 15.1. The maximum Gasteiger partial charge on any atom is 0.0738 e. The fourth-order valence-corrected chi connectivity index (χ4v) is 3.54. The third kappa shape index (κ3) is 5.12. The molecule has 5 heteroatoms. The SMILES string of the molecule is CCNC(CSC(C)CC)Cc1c(Br)c(C)nn1C. The molecule has 0 spiro atoms. The molecule has 0 aromatic carbocycles. The van der Waals surface area contributed by atoms with Crippen molar-refractivity contribution in [1.29, 1.82) is 0 Å². The van der Waals surface area contributed by atoms with Gasteiger partial charge in [-0.2, -0.15) is 16.9 Å². The minimum absolute atomic E-state index is 0.509. The molecule has 0 aliphatic rings. The first kappa shape index (κ1) is 17.1. The Morgan fingerprint density at radius 1 is 1.42 bits per heavy atom. The fraction of sp³-hybridized carbons (Fsp3) is 0.786. The van der Waals surface area contributed by atoms with E-state index in [1.807, 2.05) is 18.7 Å². The number of nitrogens with one attached hydrogen (secondary N) is 1. The molecule has 0 fully saturated rings. The molecular weight excluding hydrogens is 322 g/mol. The number of hydrogen-bond donors (Lipinski definition) is 1. The van der Waals surface area contributed by atoms with Crippen molar-refractivity contribution in [3.63, 3.8) is 0 Å². The van der Waals surface area contributed by atoms with Crippen LogP contribution in [-0.4, -0.2) is 33.4 Å². The van der Waals surface area contributed by atoms with Crippen LogP contribution in [0.1, 0.15) is 38.6 Å². The summed E-state index contributed by atoms with van der Waals surface area (Å²) in [5.74, 6) is 1.15. The first-order valence-corrected chi connectivity index (χ1v) is 8.86. The molecule has 0 aliphatic heterocycles. The molecular formula is C14H26BrN3S. The van der Waals surface area contributed by atoms with E-state index >= 15 is 0 Å². The van der Waals surface area contributed by atoms with Crippen molar-refractivity contribution in [2.45, 2.75) is 51.8 Å². The number of aromatic nitrogens is 2. The summed E-state index contributed by atoms with van der Waals surface area (Å²) in [6, 6.07) is 0.509. The summed E-state index contributed by atoms with van der Waals surface area (Å²) in [7, 11) is 2.03. The zero-order valence-electron chi connectivity index (χ0n) is 12.7. The van der Waals surface area contributed by atoms with Gasteiger partial charge >= 0.3 is 0 Å². The highest BCUT2D eigenvalue weighted by Crippen LogP contribution is 2.23. The molecule has 0 saturated carbocycles. The first-order valence-electron chi connectivity index (χ1n) is 7.02. The lowest BCUT2D eigenvalue weighted by atomic mass is 10.1. The average molecular weight is 348 g/mol. The highest BCUT2D eigenvalue weighted by atomic mass is 79.9. The van der Waals surface area contributed by atoms with E-state index in [2.05, 4.69) is 58.9 Å². The Morgan fingerprint density at radius 2 is 2.11 bits per heavy atom. The summed E-state index contributed by atoms with van der Waals surface area (Å²) in [6.07, 6.45) is 2.26. The zero-order chi connectivity index (χ0) is 14.4. The summed E-state index contributed by atoms with van der Waals surface area (Å²) in [5.41, 5.74) is 2.36. The van der Waals surface area contributed by atoms with Gasteiger partial charge in [0.15, 0.2) is 0 Å². The maximum absolute atomic E-state index is 4.47. The minimum Gasteiger partial charge on any atom is -0.313 e. The Bertz CT molecular complexity index is 392. The third-order valence-corrected chi connectivity index (χ3v) is 5.88. The summed E-state index contributed by atoms with van der Waals surface area (Å²) in [6.45, 7) is 9.78. The van der Waals surface area contributed by atoms with Crippen LogP contribution in [-0.2, 0) is 13.5 Å². The van der Waals surface area contributed by atoms with Crippen LogP contribution in [0, 0.1) is 6.92 Å². The Morgan fingerprint density at radius 3 is 2.58 bits per heavy atom. The molecule has 0 radical (unpaired) electrons. The van der Waals surface area contributed by atoms with E-state index in [4.69, 9.17) is 0 Å². The van der Waals surface area contributed by atoms with Gasteiger partial charge in [-0.15, -0.1) is 0 Å². The second-order valence-corrected chi connectivity index (χ2v) is 7.25. The number of halogens is 1. The quantitative estimate of drug-likeness (QED) is 0.779. The Hall–Kier alpha value is 0. The van der Waals surface area contributed by atoms with Gasteiger partial charge in [0.05, 0.1) is 15.9 Å². The van der Waals surface area contributed by atoms with Gasteiger partial charge in [0, 0.05) is 30.5 Å². The molecule has 1 N–H and O–H groups in total. The second-order valence-electron chi connectivity index (χ2n) is 4.98. The van der Waals surface area contributed by atoms with Gasteiger partial charge in [0.25, 0.3) is 0 Å². The van der Waals surface area contributed by atoms with Crippen molar-refractivity contribution in [2.75, 3.05) is 12.3 Å². The topological polar surface area (TPSA) is 29.9 Å². The molecule has 0 bridgehead atoms. The molecule has 2 unspecified atom stereocenters. The standard InChI is InChI=1S/C14H26BrN3S/c1-6-10(3)19-9-12(16-7-2)8-13-14(15)11(4)17-18(13)5/h10,12,16H,6-9H2,1-5H3. The number of hydrogen-bond acceptors (Lipinski definition) is 3. The Kier molecular flexibility index (Phi) is 7.47. The van der Waals surface area contributed by atoms with Crippen molar-refractivity contribution in [3.05, 3.63) is 15.9 Å². The molecule has 1 rings (SSSR count). The van der Waals surface area contributed by atoms with Crippen LogP contribution in [0.15, 0.2) is 4.47 Å². The van der Waals surface area contributed by atoms with Crippen molar-refractivity contribution in [1.82, 2.24) is 15.1 Å². The smallest absolute Gasteiger partial charge is 0.0738 e. The summed E-state index contributed by atoms with van der Waals surface area (Å²) < 4.78 is 3.16. The molecule has 2 atom stereocenters. The van der Waals surface area contributed by atoms with Crippen LogP contribution >= 0.6 is 27.7 Å². The van der Waals surface area contributed by atoms with Crippen molar-refractivity contribution in [2.24, 2.45) is 7.05 Å². The molecule has 0 amide bonds. The normalized spacial score (nSPS) is 14.6. The van der Waals surface area contributed by atoms with Crippen LogP contribution < -0.4 is 5.32 Å². The van der Waals surface area contributed by atoms with E-state index in [0.717, 1.165) is 34.1 Å². The molecule has 1 aromatic rings. The molecule has 1 aromatic heterocycles. The number of likely N-dealkylation sites (N-methyl/N-ethyl adjacent to an activating group) is 1. The summed E-state index contributed by atoms with van der Waals surface area (Å²) in [5, 5.41) is 8.80.